The van der Waals surface area contributed by atoms with Gasteiger partial charge in [-0.25, -0.2) is 0 Å². The van der Waals surface area contributed by atoms with Crippen molar-refractivity contribution >= 4 is 27.5 Å². The van der Waals surface area contributed by atoms with Gasteiger partial charge in [0, 0.05) is 16.2 Å². The van der Waals surface area contributed by atoms with Crippen LogP contribution in [-0.4, -0.2) is 19.1 Å². The molecule has 0 aliphatic heterocycles. The van der Waals surface area contributed by atoms with Crippen LogP contribution in [0.2, 0.25) is 0 Å². The largest absolute Gasteiger partial charge is 0.494 e. The maximum absolute atomic E-state index is 11.8. The molecule has 0 aliphatic carbocycles. The molecule has 0 aliphatic rings. The SMILES string of the molecule is CCOc1cccc(NC(=O)COc2ccc(Br)cc2)c1. The van der Waals surface area contributed by atoms with E-state index >= 15 is 0 Å². The van der Waals surface area contributed by atoms with Crippen LogP contribution in [0.4, 0.5) is 5.69 Å². The van der Waals surface area contributed by atoms with E-state index in [0.717, 1.165) is 10.2 Å². The molecule has 21 heavy (non-hydrogen) atoms. The summed E-state index contributed by atoms with van der Waals surface area (Å²) < 4.78 is 11.8. The van der Waals surface area contributed by atoms with Crippen LogP contribution in [0.3, 0.4) is 0 Å². The number of rotatable bonds is 6. The van der Waals surface area contributed by atoms with Crippen molar-refractivity contribution < 1.29 is 14.3 Å². The molecule has 0 atom stereocenters. The monoisotopic (exact) mass is 349 g/mol. The second-order valence-electron chi connectivity index (χ2n) is 4.25. The molecule has 2 aromatic rings. The Bertz CT molecular complexity index is 599. The summed E-state index contributed by atoms with van der Waals surface area (Å²) in [4.78, 5) is 11.8. The zero-order chi connectivity index (χ0) is 15.1. The Labute approximate surface area is 132 Å². The smallest absolute Gasteiger partial charge is 0.262 e. The number of hydrogen-bond acceptors (Lipinski definition) is 3. The molecule has 0 saturated carbocycles. The summed E-state index contributed by atoms with van der Waals surface area (Å²) in [6.07, 6.45) is 0. The molecule has 0 bridgehead atoms. The number of nitrogens with one attached hydrogen (secondary N) is 1. The number of anilines is 1. The first kappa shape index (κ1) is 15.4. The molecule has 1 N–H and O–H groups in total. The number of benzene rings is 2. The fourth-order valence-corrected chi connectivity index (χ4v) is 1.97. The lowest BCUT2D eigenvalue weighted by molar-refractivity contribution is -0.118. The van der Waals surface area contributed by atoms with Crippen molar-refractivity contribution in [3.8, 4) is 11.5 Å². The second-order valence-corrected chi connectivity index (χ2v) is 5.17. The Morgan fingerprint density at radius 1 is 1.10 bits per heavy atom. The van der Waals surface area contributed by atoms with Gasteiger partial charge in [-0.05, 0) is 43.3 Å². The first-order chi connectivity index (χ1) is 10.2. The summed E-state index contributed by atoms with van der Waals surface area (Å²) in [5, 5.41) is 2.77. The van der Waals surface area contributed by atoms with Gasteiger partial charge in [-0.2, -0.15) is 0 Å². The van der Waals surface area contributed by atoms with Gasteiger partial charge in [0.2, 0.25) is 0 Å². The normalized spacial score (nSPS) is 10.0. The third-order valence-corrected chi connectivity index (χ3v) is 3.14. The molecular weight excluding hydrogens is 334 g/mol. The van der Waals surface area contributed by atoms with E-state index in [1.807, 2.05) is 31.2 Å². The predicted molar refractivity (Wildman–Crippen MR) is 85.9 cm³/mol. The molecular formula is C16H16BrNO3. The minimum atomic E-state index is -0.216. The van der Waals surface area contributed by atoms with Crippen LogP contribution in [0.25, 0.3) is 0 Å². The van der Waals surface area contributed by atoms with E-state index in [-0.39, 0.29) is 12.5 Å². The van der Waals surface area contributed by atoms with E-state index in [1.165, 1.54) is 0 Å². The van der Waals surface area contributed by atoms with Crippen LogP contribution in [0.1, 0.15) is 6.92 Å². The number of hydrogen-bond donors (Lipinski definition) is 1. The molecule has 1 amide bonds. The maximum Gasteiger partial charge on any atom is 0.262 e. The van der Waals surface area contributed by atoms with Crippen molar-refractivity contribution in [2.75, 3.05) is 18.5 Å². The third kappa shape index (κ3) is 5.11. The van der Waals surface area contributed by atoms with Gasteiger partial charge in [-0.15, -0.1) is 0 Å². The topological polar surface area (TPSA) is 47.6 Å². The van der Waals surface area contributed by atoms with Crippen molar-refractivity contribution in [1.82, 2.24) is 0 Å². The zero-order valence-electron chi connectivity index (χ0n) is 11.6. The van der Waals surface area contributed by atoms with Gasteiger partial charge in [0.1, 0.15) is 11.5 Å². The van der Waals surface area contributed by atoms with Crippen LogP contribution < -0.4 is 14.8 Å². The molecule has 0 radical (unpaired) electrons. The van der Waals surface area contributed by atoms with E-state index in [2.05, 4.69) is 21.2 Å². The highest BCUT2D eigenvalue weighted by Crippen LogP contribution is 2.18. The number of halogens is 1. The fourth-order valence-electron chi connectivity index (χ4n) is 1.71. The molecule has 0 fully saturated rings. The fraction of sp³-hybridized carbons (Fsp3) is 0.188. The number of ether oxygens (including phenoxy) is 2. The highest BCUT2D eigenvalue weighted by atomic mass is 79.9. The highest BCUT2D eigenvalue weighted by Gasteiger charge is 2.04. The molecule has 0 saturated heterocycles. The van der Waals surface area contributed by atoms with E-state index in [4.69, 9.17) is 9.47 Å². The lowest BCUT2D eigenvalue weighted by atomic mass is 10.3. The van der Waals surface area contributed by atoms with E-state index < -0.39 is 0 Å². The van der Waals surface area contributed by atoms with Crippen molar-refractivity contribution in [3.05, 3.63) is 53.0 Å². The lowest BCUT2D eigenvalue weighted by Crippen LogP contribution is -2.20. The minimum absolute atomic E-state index is 0.0412. The van der Waals surface area contributed by atoms with Crippen LogP contribution in [-0.2, 0) is 4.79 Å². The number of carbonyl (C=O) groups excluding carboxylic acids is 1. The molecule has 2 aromatic carbocycles. The van der Waals surface area contributed by atoms with Crippen LogP contribution in [0.15, 0.2) is 53.0 Å². The summed E-state index contributed by atoms with van der Waals surface area (Å²) in [6, 6.07) is 14.6. The highest BCUT2D eigenvalue weighted by molar-refractivity contribution is 9.10. The molecule has 2 rings (SSSR count). The summed E-state index contributed by atoms with van der Waals surface area (Å²) in [5.41, 5.74) is 0.686. The van der Waals surface area contributed by atoms with E-state index in [9.17, 15) is 4.79 Å². The molecule has 0 heterocycles. The minimum Gasteiger partial charge on any atom is -0.494 e. The van der Waals surface area contributed by atoms with Gasteiger partial charge >= 0.3 is 0 Å². The molecule has 0 unspecified atom stereocenters. The first-order valence-electron chi connectivity index (χ1n) is 6.58. The standard InChI is InChI=1S/C16H16BrNO3/c1-2-20-15-5-3-4-13(10-15)18-16(19)11-21-14-8-6-12(17)7-9-14/h3-10H,2,11H2,1H3,(H,18,19). The Kier molecular flexibility index (Phi) is 5.63. The van der Waals surface area contributed by atoms with Crippen molar-refractivity contribution in [2.24, 2.45) is 0 Å². The summed E-state index contributed by atoms with van der Waals surface area (Å²) in [7, 11) is 0. The van der Waals surface area contributed by atoms with E-state index in [1.54, 1.807) is 24.3 Å². The number of carbonyl (C=O) groups is 1. The van der Waals surface area contributed by atoms with Gasteiger partial charge < -0.3 is 14.8 Å². The molecule has 5 heteroatoms. The zero-order valence-corrected chi connectivity index (χ0v) is 13.2. The summed E-state index contributed by atoms with van der Waals surface area (Å²) in [5.74, 6) is 1.16. The molecule has 0 aromatic heterocycles. The average molecular weight is 350 g/mol. The molecule has 110 valence electrons. The summed E-state index contributed by atoms with van der Waals surface area (Å²) in [6.45, 7) is 2.46. The van der Waals surface area contributed by atoms with Crippen molar-refractivity contribution in [2.45, 2.75) is 6.92 Å². The Morgan fingerprint density at radius 3 is 2.57 bits per heavy atom. The molecule has 4 nitrogen and oxygen atoms in total. The Hall–Kier alpha value is -2.01. The van der Waals surface area contributed by atoms with Crippen LogP contribution >= 0.6 is 15.9 Å². The Balaban J connectivity index is 1.86. The predicted octanol–water partition coefficient (Wildman–Crippen LogP) is 3.87. The van der Waals surface area contributed by atoms with Gasteiger partial charge in [-0.1, -0.05) is 22.0 Å². The number of amides is 1. The van der Waals surface area contributed by atoms with Crippen molar-refractivity contribution in [1.29, 1.82) is 0 Å². The first-order valence-corrected chi connectivity index (χ1v) is 7.38. The van der Waals surface area contributed by atoms with Crippen LogP contribution in [0, 0.1) is 0 Å². The Morgan fingerprint density at radius 2 is 1.86 bits per heavy atom. The second kappa shape index (κ2) is 7.69. The lowest BCUT2D eigenvalue weighted by Gasteiger charge is -2.09. The summed E-state index contributed by atoms with van der Waals surface area (Å²) >= 11 is 3.34. The van der Waals surface area contributed by atoms with Gasteiger partial charge in [-0.3, -0.25) is 4.79 Å². The van der Waals surface area contributed by atoms with Gasteiger partial charge in [0.15, 0.2) is 6.61 Å². The third-order valence-electron chi connectivity index (χ3n) is 2.61. The van der Waals surface area contributed by atoms with Gasteiger partial charge in [0.25, 0.3) is 5.91 Å². The van der Waals surface area contributed by atoms with Gasteiger partial charge in [0.05, 0.1) is 6.61 Å². The maximum atomic E-state index is 11.8. The molecule has 0 spiro atoms. The van der Waals surface area contributed by atoms with Crippen LogP contribution in [0.5, 0.6) is 11.5 Å². The van der Waals surface area contributed by atoms with E-state index in [0.29, 0.717) is 18.0 Å². The quantitative estimate of drug-likeness (QED) is 0.861. The average Bonchev–Trinajstić information content (AvgIpc) is 2.47. The van der Waals surface area contributed by atoms with Crippen molar-refractivity contribution in [3.63, 3.8) is 0 Å².